The molecule has 3 heterocycles. The molecule has 142 valence electrons. The van der Waals surface area contributed by atoms with Gasteiger partial charge in [0.2, 0.25) is 11.8 Å². The normalized spacial score (nSPS) is 11.2. The Balaban J connectivity index is 1.45. The Hall–Kier alpha value is -3.66. The molecule has 3 aromatic heterocycles. The quantitative estimate of drug-likeness (QED) is 0.539. The van der Waals surface area contributed by atoms with Crippen molar-refractivity contribution in [2.45, 2.75) is 20.0 Å². The summed E-state index contributed by atoms with van der Waals surface area (Å²) in [5.74, 6) is 1.79. The van der Waals surface area contributed by atoms with Gasteiger partial charge in [-0.05, 0) is 30.8 Å². The molecule has 0 spiro atoms. The summed E-state index contributed by atoms with van der Waals surface area (Å²) in [5.41, 5.74) is 1.54. The van der Waals surface area contributed by atoms with Gasteiger partial charge >= 0.3 is 0 Å². The van der Waals surface area contributed by atoms with Crippen LogP contribution in [-0.2, 0) is 13.1 Å². The maximum absolute atomic E-state index is 12.7. The van der Waals surface area contributed by atoms with Gasteiger partial charge in [0.1, 0.15) is 12.1 Å². The fourth-order valence-corrected chi connectivity index (χ4v) is 2.83. The summed E-state index contributed by atoms with van der Waals surface area (Å²) in [7, 11) is 1.95. The Bertz CT molecular complexity index is 1120. The molecule has 0 atom stereocenters. The molecule has 0 aliphatic heterocycles. The van der Waals surface area contributed by atoms with Crippen molar-refractivity contribution < 1.29 is 9.21 Å². The minimum atomic E-state index is -0.236. The lowest BCUT2D eigenvalue weighted by Gasteiger charge is -2.15. The van der Waals surface area contributed by atoms with Crippen LogP contribution in [0.3, 0.4) is 0 Å². The van der Waals surface area contributed by atoms with Gasteiger partial charge in [0, 0.05) is 25.2 Å². The lowest BCUT2D eigenvalue weighted by Crippen LogP contribution is -2.19. The number of aromatic nitrogens is 6. The number of carbonyl (C=O) groups excluding carboxylic acids is 1. The summed E-state index contributed by atoms with van der Waals surface area (Å²) in [6.45, 7) is 2.91. The standard InChI is InChI=1S/C18H18N8O2/c1-12-23-24-16(28-12)10-25(2)9-13-4-3-5-14(8-13)17(27)22-15-6-7-19-18-20-11-21-26(15)18/h3-8,11H,9-10H2,1-2H3,(H,22,27). The van der Waals surface area contributed by atoms with E-state index in [0.717, 1.165) is 5.56 Å². The predicted octanol–water partition coefficient (Wildman–Crippen LogP) is 1.70. The number of hydrogen-bond acceptors (Lipinski definition) is 8. The summed E-state index contributed by atoms with van der Waals surface area (Å²) in [6, 6.07) is 9.11. The summed E-state index contributed by atoms with van der Waals surface area (Å²) >= 11 is 0. The van der Waals surface area contributed by atoms with E-state index in [1.165, 1.54) is 10.8 Å². The molecule has 1 N–H and O–H groups in total. The van der Waals surface area contributed by atoms with Crippen LogP contribution < -0.4 is 5.32 Å². The van der Waals surface area contributed by atoms with E-state index >= 15 is 0 Å². The first-order valence-electron chi connectivity index (χ1n) is 8.61. The van der Waals surface area contributed by atoms with Crippen LogP contribution in [0.5, 0.6) is 0 Å². The number of hydrogen-bond donors (Lipinski definition) is 1. The summed E-state index contributed by atoms with van der Waals surface area (Å²) < 4.78 is 6.88. The number of benzene rings is 1. The highest BCUT2D eigenvalue weighted by Gasteiger charge is 2.12. The number of amides is 1. The van der Waals surface area contributed by atoms with Gasteiger partial charge < -0.3 is 9.73 Å². The van der Waals surface area contributed by atoms with Gasteiger partial charge in [-0.2, -0.15) is 14.6 Å². The fraction of sp³-hybridized carbons (Fsp3) is 0.222. The highest BCUT2D eigenvalue weighted by atomic mass is 16.4. The zero-order valence-electron chi connectivity index (χ0n) is 15.4. The van der Waals surface area contributed by atoms with Crippen LogP contribution in [-0.4, -0.2) is 47.6 Å². The van der Waals surface area contributed by atoms with Crippen LogP contribution in [0.4, 0.5) is 5.82 Å². The molecule has 0 aliphatic carbocycles. The first-order valence-corrected chi connectivity index (χ1v) is 8.61. The van der Waals surface area contributed by atoms with E-state index in [4.69, 9.17) is 4.42 Å². The fourth-order valence-electron chi connectivity index (χ4n) is 2.83. The van der Waals surface area contributed by atoms with Gasteiger partial charge in [-0.15, -0.1) is 10.2 Å². The van der Waals surface area contributed by atoms with Crippen LogP contribution >= 0.6 is 0 Å². The minimum Gasteiger partial charge on any atom is -0.424 e. The van der Waals surface area contributed by atoms with Crippen molar-refractivity contribution in [3.8, 4) is 0 Å². The maximum Gasteiger partial charge on any atom is 0.256 e. The van der Waals surface area contributed by atoms with Gasteiger partial charge in [-0.25, -0.2) is 4.98 Å². The topological polar surface area (TPSA) is 114 Å². The molecule has 10 heteroatoms. The van der Waals surface area contributed by atoms with E-state index in [-0.39, 0.29) is 5.91 Å². The lowest BCUT2D eigenvalue weighted by molar-refractivity contribution is 0.102. The maximum atomic E-state index is 12.7. The Morgan fingerprint density at radius 2 is 2.11 bits per heavy atom. The summed E-state index contributed by atoms with van der Waals surface area (Å²) in [4.78, 5) is 22.8. The SMILES string of the molecule is Cc1nnc(CN(C)Cc2cccc(C(=O)Nc3ccnc4ncnn34)c2)o1. The van der Waals surface area contributed by atoms with Gasteiger partial charge in [0.15, 0.2) is 0 Å². The van der Waals surface area contributed by atoms with Crippen molar-refractivity contribution in [1.82, 2.24) is 34.7 Å². The highest BCUT2D eigenvalue weighted by Crippen LogP contribution is 2.13. The molecule has 0 bridgehead atoms. The molecule has 0 radical (unpaired) electrons. The Kier molecular flexibility index (Phi) is 4.77. The third-order valence-electron chi connectivity index (χ3n) is 4.04. The Labute approximate surface area is 160 Å². The van der Waals surface area contributed by atoms with E-state index < -0.39 is 0 Å². The number of anilines is 1. The molecule has 0 fully saturated rings. The van der Waals surface area contributed by atoms with Crippen molar-refractivity contribution in [3.63, 3.8) is 0 Å². The second-order valence-electron chi connectivity index (χ2n) is 6.34. The molecular formula is C18H18N8O2. The average molecular weight is 378 g/mol. The molecule has 4 rings (SSSR count). The summed E-state index contributed by atoms with van der Waals surface area (Å²) in [6.07, 6.45) is 2.96. The van der Waals surface area contributed by atoms with Crippen molar-refractivity contribution in [3.05, 3.63) is 65.8 Å². The van der Waals surface area contributed by atoms with E-state index in [2.05, 4.69) is 30.6 Å². The molecular weight excluding hydrogens is 360 g/mol. The lowest BCUT2D eigenvalue weighted by atomic mass is 10.1. The zero-order chi connectivity index (χ0) is 19.5. The highest BCUT2D eigenvalue weighted by molar-refractivity contribution is 6.04. The molecule has 0 unspecified atom stereocenters. The van der Waals surface area contributed by atoms with E-state index in [9.17, 15) is 4.79 Å². The van der Waals surface area contributed by atoms with Gasteiger partial charge in [-0.3, -0.25) is 9.69 Å². The molecule has 4 aromatic rings. The molecule has 0 saturated heterocycles. The molecule has 1 amide bonds. The Morgan fingerprint density at radius 3 is 2.93 bits per heavy atom. The van der Waals surface area contributed by atoms with Crippen molar-refractivity contribution >= 4 is 17.5 Å². The summed E-state index contributed by atoms with van der Waals surface area (Å²) in [5, 5.41) is 14.7. The van der Waals surface area contributed by atoms with Gasteiger partial charge in [0.25, 0.3) is 11.7 Å². The van der Waals surface area contributed by atoms with E-state index in [0.29, 0.717) is 42.0 Å². The van der Waals surface area contributed by atoms with Crippen LogP contribution in [0.1, 0.15) is 27.7 Å². The molecule has 10 nitrogen and oxygen atoms in total. The number of fused-ring (bicyclic) bond motifs is 1. The van der Waals surface area contributed by atoms with E-state index in [1.807, 2.05) is 30.1 Å². The molecule has 0 aliphatic rings. The number of aryl methyl sites for hydroxylation is 1. The smallest absolute Gasteiger partial charge is 0.256 e. The number of rotatable bonds is 6. The largest absolute Gasteiger partial charge is 0.424 e. The second-order valence-corrected chi connectivity index (χ2v) is 6.34. The van der Waals surface area contributed by atoms with Crippen molar-refractivity contribution in [2.75, 3.05) is 12.4 Å². The number of nitrogens with zero attached hydrogens (tertiary/aromatic N) is 7. The van der Waals surface area contributed by atoms with Gasteiger partial charge in [0.05, 0.1) is 6.54 Å². The minimum absolute atomic E-state index is 0.236. The van der Waals surface area contributed by atoms with Gasteiger partial charge in [-0.1, -0.05) is 12.1 Å². The van der Waals surface area contributed by atoms with Crippen LogP contribution in [0, 0.1) is 6.92 Å². The third-order valence-corrected chi connectivity index (χ3v) is 4.04. The molecule has 0 saturated carbocycles. The second kappa shape index (κ2) is 7.53. The first-order chi connectivity index (χ1) is 13.6. The predicted molar refractivity (Wildman–Crippen MR) is 99.4 cm³/mol. The van der Waals surface area contributed by atoms with Crippen LogP contribution in [0.2, 0.25) is 0 Å². The average Bonchev–Trinajstić information content (AvgIpc) is 3.31. The molecule has 28 heavy (non-hydrogen) atoms. The van der Waals surface area contributed by atoms with Crippen LogP contribution in [0.25, 0.3) is 5.78 Å². The number of carbonyl (C=O) groups is 1. The van der Waals surface area contributed by atoms with Crippen LogP contribution in [0.15, 0.2) is 47.3 Å². The van der Waals surface area contributed by atoms with Crippen molar-refractivity contribution in [1.29, 1.82) is 0 Å². The Morgan fingerprint density at radius 1 is 1.21 bits per heavy atom. The first kappa shape index (κ1) is 17.7. The molecule has 1 aromatic carbocycles. The third kappa shape index (κ3) is 3.86. The monoisotopic (exact) mass is 378 g/mol. The van der Waals surface area contributed by atoms with E-state index in [1.54, 1.807) is 25.3 Å². The van der Waals surface area contributed by atoms with Crippen molar-refractivity contribution in [2.24, 2.45) is 0 Å². The zero-order valence-corrected chi connectivity index (χ0v) is 15.4. The number of nitrogens with one attached hydrogen (secondary N) is 1.